The molecule has 4 aromatic heterocycles. The Labute approximate surface area is 336 Å². The fourth-order valence-corrected chi connectivity index (χ4v) is 9.16. The molecule has 4 heterocycles. The predicted octanol–water partition coefficient (Wildman–Crippen LogP) is 14.1. The summed E-state index contributed by atoms with van der Waals surface area (Å²) in [5.41, 5.74) is 9.16. The molecule has 0 atom stereocenters. The first-order chi connectivity index (χ1) is 29.2. The third-order valence-electron chi connectivity index (χ3n) is 11.8. The molecule has 13 aromatic rings. The first kappa shape index (κ1) is 32.0. The van der Waals surface area contributed by atoms with E-state index in [2.05, 4.69) is 120 Å². The maximum absolute atomic E-state index is 6.87. The van der Waals surface area contributed by atoms with Gasteiger partial charge in [-0.1, -0.05) is 133 Å². The van der Waals surface area contributed by atoms with Crippen molar-refractivity contribution in [1.29, 1.82) is 0 Å². The van der Waals surface area contributed by atoms with E-state index >= 15 is 0 Å². The Balaban J connectivity index is 1.07. The van der Waals surface area contributed by atoms with E-state index in [-0.39, 0.29) is 0 Å². The molecule has 0 aliphatic heterocycles. The van der Waals surface area contributed by atoms with Crippen LogP contribution in [0.1, 0.15) is 0 Å². The number of fused-ring (bicyclic) bond motifs is 12. The predicted molar refractivity (Wildman–Crippen MR) is 240 cm³/mol. The van der Waals surface area contributed by atoms with E-state index in [0.717, 1.165) is 88.1 Å². The van der Waals surface area contributed by atoms with E-state index in [9.17, 15) is 0 Å². The maximum atomic E-state index is 6.87. The Hall–Kier alpha value is -8.09. The second kappa shape index (κ2) is 12.2. The highest BCUT2D eigenvalue weighted by molar-refractivity contribution is 6.25. The normalized spacial score (nSPS) is 12.1. The van der Waals surface area contributed by atoms with E-state index in [1.54, 1.807) is 0 Å². The molecule has 0 bridgehead atoms. The van der Waals surface area contributed by atoms with Crippen LogP contribution in [0.2, 0.25) is 0 Å². The van der Waals surface area contributed by atoms with Crippen molar-refractivity contribution < 1.29 is 8.83 Å². The molecule has 13 rings (SSSR count). The van der Waals surface area contributed by atoms with Crippen molar-refractivity contribution in [2.45, 2.75) is 0 Å². The number of hydrogen-bond acceptors (Lipinski definition) is 5. The van der Waals surface area contributed by atoms with Crippen LogP contribution in [0.5, 0.6) is 0 Å². The Morgan fingerprint density at radius 1 is 0.339 bits per heavy atom. The maximum Gasteiger partial charge on any atom is 0.164 e. The molecule has 0 radical (unpaired) electrons. The van der Waals surface area contributed by atoms with E-state index in [1.165, 1.54) is 21.5 Å². The summed E-state index contributed by atoms with van der Waals surface area (Å²) < 4.78 is 15.6. The highest BCUT2D eigenvalue weighted by atomic mass is 16.3. The highest BCUT2D eigenvalue weighted by Crippen LogP contribution is 2.44. The zero-order valence-electron chi connectivity index (χ0n) is 31.4. The Kier molecular flexibility index (Phi) is 6.63. The van der Waals surface area contributed by atoms with E-state index < -0.39 is 0 Å². The van der Waals surface area contributed by atoms with Gasteiger partial charge in [0.1, 0.15) is 22.3 Å². The molecule has 6 nitrogen and oxygen atoms in total. The van der Waals surface area contributed by atoms with Gasteiger partial charge < -0.3 is 13.4 Å². The minimum absolute atomic E-state index is 0.562. The Morgan fingerprint density at radius 3 is 1.85 bits per heavy atom. The van der Waals surface area contributed by atoms with Crippen LogP contribution < -0.4 is 0 Å². The molecular weight excluding hydrogens is 725 g/mol. The highest BCUT2D eigenvalue weighted by Gasteiger charge is 2.23. The second-order valence-corrected chi connectivity index (χ2v) is 15.1. The lowest BCUT2D eigenvalue weighted by Gasteiger charge is -2.13. The van der Waals surface area contributed by atoms with Gasteiger partial charge in [0.15, 0.2) is 17.5 Å². The summed E-state index contributed by atoms with van der Waals surface area (Å²) in [5.74, 6) is 1.72. The number of aromatic nitrogens is 4. The molecule has 0 N–H and O–H groups in total. The molecule has 0 aliphatic carbocycles. The summed E-state index contributed by atoms with van der Waals surface area (Å²) in [5, 5.41) is 11.2. The van der Waals surface area contributed by atoms with Crippen LogP contribution in [0, 0.1) is 0 Å². The van der Waals surface area contributed by atoms with Crippen molar-refractivity contribution >= 4 is 87.2 Å². The van der Waals surface area contributed by atoms with Crippen molar-refractivity contribution in [1.82, 2.24) is 19.5 Å². The van der Waals surface area contributed by atoms with Crippen LogP contribution in [-0.4, -0.2) is 19.5 Å². The minimum Gasteiger partial charge on any atom is -0.456 e. The number of furan rings is 2. The van der Waals surface area contributed by atoms with Gasteiger partial charge >= 0.3 is 0 Å². The molecule has 0 unspecified atom stereocenters. The summed E-state index contributed by atoms with van der Waals surface area (Å²) in [7, 11) is 0. The molecule has 0 amide bonds. The lowest BCUT2D eigenvalue weighted by Crippen LogP contribution is -2.00. The monoisotopic (exact) mass is 754 g/mol. The van der Waals surface area contributed by atoms with E-state index in [1.807, 2.05) is 66.7 Å². The molecule has 6 heteroatoms. The molecule has 274 valence electrons. The van der Waals surface area contributed by atoms with Crippen LogP contribution in [0.3, 0.4) is 0 Å². The first-order valence-corrected chi connectivity index (χ1v) is 19.8. The first-order valence-electron chi connectivity index (χ1n) is 19.8. The van der Waals surface area contributed by atoms with Crippen molar-refractivity contribution in [2.24, 2.45) is 0 Å². The van der Waals surface area contributed by atoms with Gasteiger partial charge in [0, 0.05) is 60.5 Å². The van der Waals surface area contributed by atoms with Gasteiger partial charge in [-0.2, -0.15) is 0 Å². The lowest BCUT2D eigenvalue weighted by molar-refractivity contribution is 0.668. The molecule has 0 spiro atoms. The topological polar surface area (TPSA) is 69.9 Å². The van der Waals surface area contributed by atoms with Gasteiger partial charge in [-0.05, 0) is 58.6 Å². The summed E-state index contributed by atoms with van der Waals surface area (Å²) in [4.78, 5) is 15.5. The fourth-order valence-electron chi connectivity index (χ4n) is 9.16. The molecular formula is C53H30N4O2. The van der Waals surface area contributed by atoms with Crippen molar-refractivity contribution in [3.63, 3.8) is 0 Å². The van der Waals surface area contributed by atoms with Gasteiger partial charge in [-0.25, -0.2) is 15.0 Å². The summed E-state index contributed by atoms with van der Waals surface area (Å²) in [6, 6.07) is 63.3. The zero-order valence-corrected chi connectivity index (χ0v) is 31.4. The summed E-state index contributed by atoms with van der Waals surface area (Å²) in [6.45, 7) is 0. The quantitative estimate of drug-likeness (QED) is 0.179. The van der Waals surface area contributed by atoms with Gasteiger partial charge in [0.25, 0.3) is 0 Å². The molecule has 59 heavy (non-hydrogen) atoms. The van der Waals surface area contributed by atoms with Gasteiger partial charge in [0.05, 0.1) is 16.7 Å². The second-order valence-electron chi connectivity index (χ2n) is 15.1. The SMILES string of the molecule is c1ccc(-c2nc(-c3ccc4c(c3)oc3ccccc34)nc(-c3cccc4oc5cc(-n6c7ccccc7c7cc8ccccc8cc76)c6ccccc6c5c34)n2)cc1. The van der Waals surface area contributed by atoms with E-state index in [0.29, 0.717) is 17.5 Å². The third kappa shape index (κ3) is 4.77. The van der Waals surface area contributed by atoms with Crippen LogP contribution in [0.4, 0.5) is 0 Å². The number of rotatable bonds is 4. The number of nitrogens with zero attached hydrogens (tertiary/aromatic N) is 4. The molecule has 9 aromatic carbocycles. The smallest absolute Gasteiger partial charge is 0.164 e. The average molecular weight is 755 g/mol. The zero-order chi connectivity index (χ0) is 38.6. The largest absolute Gasteiger partial charge is 0.456 e. The van der Waals surface area contributed by atoms with Gasteiger partial charge in [0.2, 0.25) is 0 Å². The standard InChI is InChI=1S/C53H30N4O2/c1-2-13-31(14-3-1)51-54-52(34-25-26-38-37-19-9-11-23-45(37)58-47(38)29-34)56-53(55-51)40-21-12-24-46-50(40)49-39-20-7-6-17-35(39)44(30-48(49)59-46)57-42-22-10-8-18-36(42)41-27-32-15-4-5-16-33(32)28-43(41)57/h1-30H. The number of para-hydroxylation sites is 2. The van der Waals surface area contributed by atoms with Crippen LogP contribution in [-0.2, 0) is 0 Å². The minimum atomic E-state index is 0.562. The lowest BCUT2D eigenvalue weighted by atomic mass is 9.99. The molecule has 0 saturated heterocycles. The third-order valence-corrected chi connectivity index (χ3v) is 11.8. The van der Waals surface area contributed by atoms with Crippen molar-refractivity contribution in [3.05, 3.63) is 182 Å². The Morgan fingerprint density at radius 2 is 0.983 bits per heavy atom. The van der Waals surface area contributed by atoms with Crippen molar-refractivity contribution in [3.8, 4) is 39.9 Å². The number of benzene rings is 9. The summed E-state index contributed by atoms with van der Waals surface area (Å²) >= 11 is 0. The van der Waals surface area contributed by atoms with Crippen LogP contribution >= 0.6 is 0 Å². The van der Waals surface area contributed by atoms with Crippen LogP contribution in [0.15, 0.2) is 191 Å². The van der Waals surface area contributed by atoms with Crippen LogP contribution in [0.25, 0.3) is 127 Å². The number of hydrogen-bond donors (Lipinski definition) is 0. The van der Waals surface area contributed by atoms with E-state index in [4.69, 9.17) is 23.8 Å². The molecule has 0 aliphatic rings. The molecule has 0 saturated carbocycles. The van der Waals surface area contributed by atoms with Crippen molar-refractivity contribution in [2.75, 3.05) is 0 Å². The Bertz CT molecular complexity index is 3860. The fraction of sp³-hybridized carbons (Fsp3) is 0. The molecule has 0 fully saturated rings. The van der Waals surface area contributed by atoms with Gasteiger partial charge in [-0.3, -0.25) is 0 Å². The van der Waals surface area contributed by atoms with Gasteiger partial charge in [-0.15, -0.1) is 0 Å². The summed E-state index contributed by atoms with van der Waals surface area (Å²) in [6.07, 6.45) is 0. The average Bonchev–Trinajstić information content (AvgIpc) is 3.97.